The predicted octanol–water partition coefficient (Wildman–Crippen LogP) is 2.21. The number of ether oxygens (including phenoxy) is 1. The van der Waals surface area contributed by atoms with Crippen LogP contribution in [0.4, 0.5) is 0 Å². The van der Waals surface area contributed by atoms with Crippen LogP contribution in [0.25, 0.3) is 0 Å². The van der Waals surface area contributed by atoms with E-state index < -0.39 is 5.66 Å². The van der Waals surface area contributed by atoms with E-state index in [0.29, 0.717) is 30.4 Å². The zero-order valence-electron chi connectivity index (χ0n) is 13.9. The summed E-state index contributed by atoms with van der Waals surface area (Å²) >= 11 is 7.96. The number of nitrogens with two attached hydrogens (primary N) is 2. The average Bonchev–Trinajstić information content (AvgIpc) is 2.59. The minimum absolute atomic E-state index is 0.214. The molecule has 1 aromatic carbocycles. The number of benzene rings is 1. The molecular formula is C16H22ClN5O2S. The predicted molar refractivity (Wildman–Crippen MR) is 102 cm³/mol. The van der Waals surface area contributed by atoms with Crippen molar-refractivity contribution in [2.24, 2.45) is 21.5 Å². The van der Waals surface area contributed by atoms with Crippen LogP contribution in [-0.2, 0) is 4.84 Å². The van der Waals surface area contributed by atoms with E-state index in [1.807, 2.05) is 30.0 Å². The fraction of sp³-hybridized carbons (Fsp3) is 0.500. The van der Waals surface area contributed by atoms with Crippen LogP contribution in [0.3, 0.4) is 0 Å². The van der Waals surface area contributed by atoms with E-state index in [4.69, 9.17) is 32.6 Å². The molecule has 0 amide bonds. The summed E-state index contributed by atoms with van der Waals surface area (Å²) in [5.74, 6) is 3.11. The van der Waals surface area contributed by atoms with Crippen molar-refractivity contribution in [3.8, 4) is 5.75 Å². The maximum absolute atomic E-state index is 6.06. The van der Waals surface area contributed by atoms with Gasteiger partial charge in [-0.05, 0) is 23.6 Å². The third-order valence-corrected chi connectivity index (χ3v) is 5.33. The van der Waals surface area contributed by atoms with Crippen LogP contribution in [0.15, 0.2) is 34.3 Å². The zero-order valence-corrected chi connectivity index (χ0v) is 15.4. The number of nitrogens with zero attached hydrogens (tertiary/aromatic N) is 3. The van der Waals surface area contributed by atoms with Crippen LogP contribution in [0.5, 0.6) is 5.75 Å². The van der Waals surface area contributed by atoms with Gasteiger partial charge in [-0.15, -0.1) is 0 Å². The van der Waals surface area contributed by atoms with Crippen LogP contribution in [0.2, 0.25) is 5.02 Å². The van der Waals surface area contributed by atoms with E-state index >= 15 is 0 Å². The van der Waals surface area contributed by atoms with E-state index in [0.717, 1.165) is 24.3 Å². The van der Waals surface area contributed by atoms with Crippen LogP contribution in [0.1, 0.15) is 19.3 Å². The van der Waals surface area contributed by atoms with Crippen molar-refractivity contribution in [1.29, 1.82) is 0 Å². The molecule has 1 aromatic rings. The second-order valence-electron chi connectivity index (χ2n) is 5.79. The highest BCUT2D eigenvalue weighted by molar-refractivity contribution is 7.99. The lowest BCUT2D eigenvalue weighted by Gasteiger charge is -2.43. The first-order valence-corrected chi connectivity index (χ1v) is 9.72. The maximum atomic E-state index is 6.06. The fourth-order valence-corrected chi connectivity index (χ4v) is 4.15. The summed E-state index contributed by atoms with van der Waals surface area (Å²) in [6.45, 7) is 0.924. The zero-order chi connectivity index (χ0) is 17.7. The summed E-state index contributed by atoms with van der Waals surface area (Å²) in [7, 11) is 0. The number of hydroxylamine groups is 2. The molecule has 7 nitrogen and oxygen atoms in total. The minimum Gasteiger partial charge on any atom is -0.492 e. The molecule has 1 spiro atoms. The van der Waals surface area contributed by atoms with Gasteiger partial charge in [0.15, 0.2) is 5.66 Å². The molecule has 2 aliphatic rings. The second-order valence-corrected chi connectivity index (χ2v) is 7.43. The number of rotatable bonds is 6. The van der Waals surface area contributed by atoms with Crippen LogP contribution >= 0.6 is 23.4 Å². The lowest BCUT2D eigenvalue weighted by atomic mass is 10.0. The first kappa shape index (κ1) is 18.2. The van der Waals surface area contributed by atoms with Gasteiger partial charge in [-0.2, -0.15) is 21.8 Å². The number of halogens is 1. The molecular weight excluding hydrogens is 362 g/mol. The number of hydrogen-bond donors (Lipinski definition) is 2. The Kier molecular flexibility index (Phi) is 5.93. The van der Waals surface area contributed by atoms with Crippen molar-refractivity contribution >= 4 is 35.3 Å². The van der Waals surface area contributed by atoms with Gasteiger partial charge in [0.05, 0.1) is 18.2 Å². The number of aliphatic imine (C=N–C) groups is 2. The Morgan fingerprint density at radius 3 is 2.72 bits per heavy atom. The summed E-state index contributed by atoms with van der Waals surface area (Å²) in [6, 6.07) is 7.39. The molecule has 0 saturated carbocycles. The SMILES string of the molecule is NC1=NC2(CCSCC2)N(OCCCOc2ccccc2Cl)C(N)=N1. The summed E-state index contributed by atoms with van der Waals surface area (Å²) in [5.41, 5.74) is 11.3. The highest BCUT2D eigenvalue weighted by atomic mass is 35.5. The summed E-state index contributed by atoms with van der Waals surface area (Å²) in [4.78, 5) is 14.5. The lowest BCUT2D eigenvalue weighted by molar-refractivity contribution is -0.171. The third-order valence-electron chi connectivity index (χ3n) is 4.03. The summed E-state index contributed by atoms with van der Waals surface area (Å²) in [6.07, 6.45) is 2.33. The molecule has 25 heavy (non-hydrogen) atoms. The molecule has 136 valence electrons. The van der Waals surface area contributed by atoms with E-state index in [-0.39, 0.29) is 11.9 Å². The van der Waals surface area contributed by atoms with E-state index in [2.05, 4.69) is 9.98 Å². The van der Waals surface area contributed by atoms with E-state index in [1.165, 1.54) is 0 Å². The smallest absolute Gasteiger partial charge is 0.226 e. The third kappa shape index (κ3) is 4.31. The Morgan fingerprint density at radius 2 is 1.96 bits per heavy atom. The minimum atomic E-state index is -0.537. The molecule has 1 saturated heterocycles. The Morgan fingerprint density at radius 1 is 1.20 bits per heavy atom. The van der Waals surface area contributed by atoms with E-state index in [9.17, 15) is 0 Å². The average molecular weight is 384 g/mol. The van der Waals surface area contributed by atoms with Gasteiger partial charge in [0.1, 0.15) is 5.75 Å². The molecule has 3 rings (SSSR count). The van der Waals surface area contributed by atoms with Gasteiger partial charge < -0.3 is 16.2 Å². The topological polar surface area (TPSA) is 98.5 Å². The quantitative estimate of drug-likeness (QED) is 0.731. The number of para-hydroxylation sites is 1. The fourth-order valence-electron chi connectivity index (χ4n) is 2.82. The lowest BCUT2D eigenvalue weighted by Crippen LogP contribution is -2.58. The number of thioether (sulfide) groups is 1. The van der Waals surface area contributed by atoms with Crippen molar-refractivity contribution in [1.82, 2.24) is 5.06 Å². The molecule has 0 bridgehead atoms. The largest absolute Gasteiger partial charge is 0.492 e. The van der Waals surface area contributed by atoms with Crippen molar-refractivity contribution in [2.75, 3.05) is 24.7 Å². The Hall–Kier alpha value is -1.64. The molecule has 0 unspecified atom stereocenters. The van der Waals surface area contributed by atoms with E-state index in [1.54, 1.807) is 11.1 Å². The first-order valence-electron chi connectivity index (χ1n) is 8.18. The highest BCUT2D eigenvalue weighted by Gasteiger charge is 2.43. The molecule has 9 heteroatoms. The van der Waals surface area contributed by atoms with Crippen molar-refractivity contribution in [3.63, 3.8) is 0 Å². The van der Waals surface area contributed by atoms with Gasteiger partial charge in [-0.25, -0.2) is 4.99 Å². The van der Waals surface area contributed by atoms with Crippen molar-refractivity contribution < 1.29 is 9.57 Å². The number of hydrogen-bond acceptors (Lipinski definition) is 8. The first-order chi connectivity index (χ1) is 12.1. The molecule has 0 radical (unpaired) electrons. The summed E-state index contributed by atoms with van der Waals surface area (Å²) in [5, 5.41) is 2.22. The van der Waals surface area contributed by atoms with Gasteiger partial charge in [-0.1, -0.05) is 23.7 Å². The normalized spacial score (nSPS) is 19.5. The standard InChI is InChI=1S/C16H22ClN5O2S/c17-12-4-1-2-5-13(12)23-8-3-9-24-22-15(19)20-14(18)21-16(22)6-10-25-11-7-16/h1-2,4-5H,3,6-11H2,(H4,18,19,20,21). The second kappa shape index (κ2) is 8.16. The maximum Gasteiger partial charge on any atom is 0.226 e. The monoisotopic (exact) mass is 383 g/mol. The van der Waals surface area contributed by atoms with Crippen molar-refractivity contribution in [3.05, 3.63) is 29.3 Å². The van der Waals surface area contributed by atoms with Crippen molar-refractivity contribution in [2.45, 2.75) is 24.9 Å². The molecule has 0 aromatic heterocycles. The van der Waals surface area contributed by atoms with Crippen LogP contribution in [-0.4, -0.2) is 47.4 Å². The Labute approximate surface area is 156 Å². The van der Waals surface area contributed by atoms with Crippen LogP contribution < -0.4 is 16.2 Å². The van der Waals surface area contributed by atoms with Gasteiger partial charge in [0.2, 0.25) is 11.9 Å². The van der Waals surface area contributed by atoms with Crippen LogP contribution in [0, 0.1) is 0 Å². The molecule has 0 atom stereocenters. The number of guanidine groups is 2. The highest BCUT2D eigenvalue weighted by Crippen LogP contribution is 2.35. The molecule has 2 heterocycles. The van der Waals surface area contributed by atoms with Gasteiger partial charge in [-0.3, -0.25) is 4.84 Å². The van der Waals surface area contributed by atoms with Gasteiger partial charge in [0, 0.05) is 19.3 Å². The van der Waals surface area contributed by atoms with Gasteiger partial charge in [0.25, 0.3) is 0 Å². The Bertz CT molecular complexity index is 664. The molecule has 1 fully saturated rings. The molecule has 0 aliphatic carbocycles. The summed E-state index contributed by atoms with van der Waals surface area (Å²) < 4.78 is 5.66. The molecule has 4 N–H and O–H groups in total. The van der Waals surface area contributed by atoms with Gasteiger partial charge >= 0.3 is 0 Å². The Balaban J connectivity index is 1.52. The molecule has 2 aliphatic heterocycles.